The maximum absolute atomic E-state index is 12.6. The van der Waals surface area contributed by atoms with Crippen molar-refractivity contribution in [3.63, 3.8) is 0 Å². The first-order valence-corrected chi connectivity index (χ1v) is 10.6. The molecule has 0 radical (unpaired) electrons. The molecule has 156 valence electrons. The molecular formula is C20H24N2O6S. The Kier molecular flexibility index (Phi) is 7.60. The quantitative estimate of drug-likeness (QED) is 0.603. The topological polar surface area (TPSA) is 111 Å². The van der Waals surface area contributed by atoms with Gasteiger partial charge < -0.3 is 14.8 Å². The molecule has 2 N–H and O–H groups in total. The van der Waals surface area contributed by atoms with E-state index in [1.807, 2.05) is 6.92 Å². The van der Waals surface area contributed by atoms with E-state index in [9.17, 15) is 18.0 Å². The van der Waals surface area contributed by atoms with Crippen molar-refractivity contribution < 1.29 is 27.5 Å². The number of hydrogen-bond donors (Lipinski definition) is 2. The molecule has 0 unspecified atom stereocenters. The minimum Gasteiger partial charge on any atom is -0.494 e. The van der Waals surface area contributed by atoms with Crippen LogP contribution in [0.1, 0.15) is 31.1 Å². The maximum atomic E-state index is 12.6. The van der Waals surface area contributed by atoms with Gasteiger partial charge in [-0.25, -0.2) is 13.2 Å². The number of likely N-dealkylation sites (N-methyl/N-ethyl adjacent to an activating group) is 1. The lowest BCUT2D eigenvalue weighted by molar-refractivity contribution is -0.128. The molecule has 0 aromatic heterocycles. The minimum absolute atomic E-state index is 0.0238. The van der Waals surface area contributed by atoms with Crippen LogP contribution in [0.25, 0.3) is 0 Å². The highest BCUT2D eigenvalue weighted by atomic mass is 32.2. The van der Waals surface area contributed by atoms with Gasteiger partial charge in [0.2, 0.25) is 0 Å². The Morgan fingerprint density at radius 2 is 1.76 bits per heavy atom. The summed E-state index contributed by atoms with van der Waals surface area (Å²) < 4.78 is 38.2. The monoisotopic (exact) mass is 420 g/mol. The van der Waals surface area contributed by atoms with Crippen LogP contribution in [0.2, 0.25) is 0 Å². The Labute approximate surface area is 170 Å². The second-order valence-electron chi connectivity index (χ2n) is 6.03. The van der Waals surface area contributed by atoms with Gasteiger partial charge in [0.15, 0.2) is 6.10 Å². The number of amides is 1. The van der Waals surface area contributed by atoms with Crippen LogP contribution >= 0.6 is 0 Å². The fourth-order valence-electron chi connectivity index (χ4n) is 2.39. The number of benzene rings is 2. The zero-order chi connectivity index (χ0) is 21.4. The van der Waals surface area contributed by atoms with Gasteiger partial charge in [0.25, 0.3) is 15.9 Å². The normalized spacial score (nSPS) is 12.0. The number of sulfonamides is 1. The van der Waals surface area contributed by atoms with E-state index in [1.165, 1.54) is 31.2 Å². The fourth-order valence-corrected chi connectivity index (χ4v) is 3.49. The van der Waals surface area contributed by atoms with E-state index in [2.05, 4.69) is 10.0 Å². The summed E-state index contributed by atoms with van der Waals surface area (Å²) in [6.07, 6.45) is -0.996. The Hall–Kier alpha value is -3.07. The molecular weight excluding hydrogens is 396 g/mol. The van der Waals surface area contributed by atoms with Crippen LogP contribution in [0, 0.1) is 0 Å². The van der Waals surface area contributed by atoms with Crippen molar-refractivity contribution in [2.75, 3.05) is 17.9 Å². The lowest BCUT2D eigenvalue weighted by atomic mass is 10.2. The molecule has 0 aliphatic carbocycles. The number of nitrogens with one attached hydrogen (secondary N) is 2. The third-order valence-electron chi connectivity index (χ3n) is 3.80. The average Bonchev–Trinajstić information content (AvgIpc) is 2.69. The summed E-state index contributed by atoms with van der Waals surface area (Å²) in [5.74, 6) is -0.593. The average molecular weight is 420 g/mol. The Bertz CT molecular complexity index is 957. The first-order valence-electron chi connectivity index (χ1n) is 9.11. The van der Waals surface area contributed by atoms with Crippen molar-refractivity contribution >= 4 is 27.6 Å². The molecule has 0 saturated heterocycles. The van der Waals surface area contributed by atoms with Crippen LogP contribution in [-0.4, -0.2) is 39.5 Å². The standard InChI is InChI=1S/C20H24N2O6S/c1-4-21-19(23)14(3)28-20(24)15-7-6-8-18(13-15)29(25,26)22-16-9-11-17(12-10-16)27-5-2/h6-14,22H,4-5H2,1-3H3,(H,21,23)/t14-/m1/s1. The summed E-state index contributed by atoms with van der Waals surface area (Å²) in [4.78, 5) is 23.9. The second kappa shape index (κ2) is 9.92. The van der Waals surface area contributed by atoms with Crippen molar-refractivity contribution in [3.05, 3.63) is 54.1 Å². The van der Waals surface area contributed by atoms with E-state index < -0.39 is 28.0 Å². The molecule has 0 heterocycles. The lowest BCUT2D eigenvalue weighted by Gasteiger charge is -2.13. The number of esters is 1. The van der Waals surface area contributed by atoms with Gasteiger partial charge in [-0.1, -0.05) is 6.07 Å². The van der Waals surface area contributed by atoms with Gasteiger partial charge >= 0.3 is 5.97 Å². The first-order chi connectivity index (χ1) is 13.8. The summed E-state index contributed by atoms with van der Waals surface area (Å²) in [5, 5.41) is 2.55. The van der Waals surface area contributed by atoms with Crippen molar-refractivity contribution in [1.82, 2.24) is 5.32 Å². The molecule has 9 heteroatoms. The smallest absolute Gasteiger partial charge is 0.338 e. The van der Waals surface area contributed by atoms with Crippen molar-refractivity contribution in [1.29, 1.82) is 0 Å². The molecule has 0 aliphatic rings. The maximum Gasteiger partial charge on any atom is 0.338 e. The van der Waals surface area contributed by atoms with Crippen LogP contribution < -0.4 is 14.8 Å². The molecule has 0 aliphatic heterocycles. The minimum atomic E-state index is -3.93. The summed E-state index contributed by atoms with van der Waals surface area (Å²) in [5.41, 5.74) is 0.377. The van der Waals surface area contributed by atoms with E-state index >= 15 is 0 Å². The molecule has 0 fully saturated rings. The summed E-state index contributed by atoms with van der Waals surface area (Å²) >= 11 is 0. The number of hydrogen-bond acceptors (Lipinski definition) is 6. The zero-order valence-corrected chi connectivity index (χ0v) is 17.3. The van der Waals surface area contributed by atoms with E-state index in [0.717, 1.165) is 0 Å². The molecule has 0 bridgehead atoms. The molecule has 8 nitrogen and oxygen atoms in total. The van der Waals surface area contributed by atoms with Gasteiger partial charge in [-0.3, -0.25) is 9.52 Å². The molecule has 2 rings (SSSR count). The van der Waals surface area contributed by atoms with Crippen molar-refractivity contribution in [3.8, 4) is 5.75 Å². The van der Waals surface area contributed by atoms with Gasteiger partial charge in [0.1, 0.15) is 5.75 Å². The molecule has 1 atom stereocenters. The second-order valence-corrected chi connectivity index (χ2v) is 7.72. The van der Waals surface area contributed by atoms with E-state index in [1.54, 1.807) is 31.2 Å². The number of rotatable bonds is 9. The fraction of sp³-hybridized carbons (Fsp3) is 0.300. The van der Waals surface area contributed by atoms with Crippen molar-refractivity contribution in [2.45, 2.75) is 31.8 Å². The van der Waals surface area contributed by atoms with E-state index in [-0.39, 0.29) is 10.5 Å². The number of carbonyl (C=O) groups is 2. The molecule has 1 amide bonds. The van der Waals surface area contributed by atoms with Gasteiger partial charge in [-0.05, 0) is 63.2 Å². The molecule has 2 aromatic carbocycles. The SMILES string of the molecule is CCNC(=O)[C@@H](C)OC(=O)c1cccc(S(=O)(=O)Nc2ccc(OCC)cc2)c1. The van der Waals surface area contributed by atoms with Crippen LogP contribution in [0.4, 0.5) is 5.69 Å². The largest absolute Gasteiger partial charge is 0.494 e. The Morgan fingerprint density at radius 3 is 2.38 bits per heavy atom. The predicted molar refractivity (Wildman–Crippen MR) is 108 cm³/mol. The number of anilines is 1. The summed E-state index contributed by atoms with van der Waals surface area (Å²) in [6, 6.07) is 11.9. The van der Waals surface area contributed by atoms with Gasteiger partial charge in [0.05, 0.1) is 17.1 Å². The number of carbonyl (C=O) groups excluding carboxylic acids is 2. The van der Waals surface area contributed by atoms with Gasteiger partial charge in [-0.15, -0.1) is 0 Å². The van der Waals surface area contributed by atoms with E-state index in [4.69, 9.17) is 9.47 Å². The Morgan fingerprint density at radius 1 is 1.07 bits per heavy atom. The highest BCUT2D eigenvalue weighted by molar-refractivity contribution is 7.92. The first kappa shape index (κ1) is 22.2. The van der Waals surface area contributed by atoms with Crippen LogP contribution in [0.5, 0.6) is 5.75 Å². The zero-order valence-electron chi connectivity index (χ0n) is 16.5. The highest BCUT2D eigenvalue weighted by Gasteiger charge is 2.21. The van der Waals surface area contributed by atoms with Crippen LogP contribution in [-0.2, 0) is 19.6 Å². The van der Waals surface area contributed by atoms with Gasteiger partial charge in [-0.2, -0.15) is 0 Å². The molecule has 0 spiro atoms. The summed E-state index contributed by atoms with van der Waals surface area (Å²) in [7, 11) is -3.93. The Balaban J connectivity index is 2.14. The van der Waals surface area contributed by atoms with Crippen molar-refractivity contribution in [2.24, 2.45) is 0 Å². The van der Waals surface area contributed by atoms with Crippen LogP contribution in [0.15, 0.2) is 53.4 Å². The highest BCUT2D eigenvalue weighted by Crippen LogP contribution is 2.20. The summed E-state index contributed by atoms with van der Waals surface area (Å²) in [6.45, 7) is 5.96. The lowest BCUT2D eigenvalue weighted by Crippen LogP contribution is -2.35. The van der Waals surface area contributed by atoms with Gasteiger partial charge in [0, 0.05) is 12.2 Å². The molecule has 2 aromatic rings. The van der Waals surface area contributed by atoms with E-state index in [0.29, 0.717) is 24.6 Å². The number of ether oxygens (including phenoxy) is 2. The third-order valence-corrected chi connectivity index (χ3v) is 5.18. The molecule has 0 saturated carbocycles. The predicted octanol–water partition coefficient (Wildman–Crippen LogP) is 2.57. The third kappa shape index (κ3) is 6.21. The van der Waals surface area contributed by atoms with Crippen LogP contribution in [0.3, 0.4) is 0 Å². The molecule has 29 heavy (non-hydrogen) atoms.